The molecule has 1 saturated heterocycles. The van der Waals surface area contributed by atoms with Crippen molar-refractivity contribution in [3.05, 3.63) is 0 Å². The SMILES string of the molecule is CC(C)[C@H]1[C@@H](C(C)C)N(C)C(=O)[C@@H]1C. The van der Waals surface area contributed by atoms with Gasteiger partial charge in [-0.05, 0) is 17.8 Å². The summed E-state index contributed by atoms with van der Waals surface area (Å²) in [6.07, 6.45) is 0. The van der Waals surface area contributed by atoms with Crippen molar-refractivity contribution in [3.63, 3.8) is 0 Å². The lowest BCUT2D eigenvalue weighted by Gasteiger charge is -2.31. The van der Waals surface area contributed by atoms with Crippen LogP contribution < -0.4 is 0 Å². The second kappa shape index (κ2) is 3.92. The molecule has 0 N–H and O–H groups in total. The molecule has 82 valence electrons. The van der Waals surface area contributed by atoms with Gasteiger partial charge in [-0.2, -0.15) is 0 Å². The maximum absolute atomic E-state index is 11.9. The van der Waals surface area contributed by atoms with Crippen molar-refractivity contribution in [2.75, 3.05) is 7.05 Å². The van der Waals surface area contributed by atoms with Gasteiger partial charge in [0.05, 0.1) is 0 Å². The van der Waals surface area contributed by atoms with Gasteiger partial charge in [-0.25, -0.2) is 0 Å². The molecular formula is C12H23NO. The third-order valence-corrected chi connectivity index (χ3v) is 3.61. The van der Waals surface area contributed by atoms with Crippen LogP contribution in [0, 0.1) is 23.7 Å². The third-order valence-electron chi connectivity index (χ3n) is 3.61. The van der Waals surface area contributed by atoms with E-state index in [-0.39, 0.29) is 5.92 Å². The van der Waals surface area contributed by atoms with Gasteiger partial charge in [-0.15, -0.1) is 0 Å². The van der Waals surface area contributed by atoms with Crippen molar-refractivity contribution in [2.24, 2.45) is 23.7 Å². The lowest BCUT2D eigenvalue weighted by molar-refractivity contribution is -0.130. The van der Waals surface area contributed by atoms with E-state index < -0.39 is 0 Å². The summed E-state index contributed by atoms with van der Waals surface area (Å²) in [5.41, 5.74) is 0. The molecule has 2 nitrogen and oxygen atoms in total. The van der Waals surface area contributed by atoms with Crippen molar-refractivity contribution in [2.45, 2.75) is 40.7 Å². The smallest absolute Gasteiger partial charge is 0.225 e. The fourth-order valence-electron chi connectivity index (χ4n) is 3.05. The summed E-state index contributed by atoms with van der Waals surface area (Å²) in [6, 6.07) is 0.428. The molecule has 2 heteroatoms. The predicted molar refractivity (Wildman–Crippen MR) is 58.9 cm³/mol. The minimum absolute atomic E-state index is 0.201. The third kappa shape index (κ3) is 1.67. The molecule has 1 aliphatic rings. The van der Waals surface area contributed by atoms with Gasteiger partial charge in [-0.3, -0.25) is 4.79 Å². The lowest BCUT2D eigenvalue weighted by Crippen LogP contribution is -2.37. The first-order chi connectivity index (χ1) is 6.37. The van der Waals surface area contributed by atoms with E-state index in [1.165, 1.54) is 0 Å². The molecule has 1 fully saturated rings. The lowest BCUT2D eigenvalue weighted by atomic mass is 9.78. The van der Waals surface area contributed by atoms with Gasteiger partial charge in [0, 0.05) is 19.0 Å². The fraction of sp³-hybridized carbons (Fsp3) is 0.917. The Labute approximate surface area is 87.7 Å². The molecule has 0 saturated carbocycles. The fourth-order valence-corrected chi connectivity index (χ4v) is 3.05. The van der Waals surface area contributed by atoms with Gasteiger partial charge in [0.25, 0.3) is 0 Å². The second-order valence-electron chi connectivity index (χ2n) is 5.29. The van der Waals surface area contributed by atoms with Crippen molar-refractivity contribution in [1.29, 1.82) is 0 Å². The number of carbonyl (C=O) groups is 1. The maximum Gasteiger partial charge on any atom is 0.225 e. The molecule has 14 heavy (non-hydrogen) atoms. The van der Waals surface area contributed by atoms with E-state index in [4.69, 9.17) is 0 Å². The predicted octanol–water partition coefficient (Wildman–Crippen LogP) is 2.39. The number of carbonyl (C=O) groups excluding carboxylic acids is 1. The second-order valence-corrected chi connectivity index (χ2v) is 5.29. The number of hydrogen-bond donors (Lipinski definition) is 0. The van der Waals surface area contributed by atoms with Crippen molar-refractivity contribution in [3.8, 4) is 0 Å². The van der Waals surface area contributed by atoms with Crippen LogP contribution in [-0.4, -0.2) is 23.9 Å². The first-order valence-electron chi connectivity index (χ1n) is 5.64. The largest absolute Gasteiger partial charge is 0.342 e. The Kier molecular flexibility index (Phi) is 3.23. The molecular weight excluding hydrogens is 174 g/mol. The quantitative estimate of drug-likeness (QED) is 0.665. The van der Waals surface area contributed by atoms with Crippen molar-refractivity contribution in [1.82, 2.24) is 4.90 Å². The summed E-state index contributed by atoms with van der Waals surface area (Å²) in [5.74, 6) is 2.19. The van der Waals surface area contributed by atoms with Crippen LogP contribution in [0.15, 0.2) is 0 Å². The highest BCUT2D eigenvalue weighted by Gasteiger charge is 2.45. The van der Waals surface area contributed by atoms with Crippen LogP contribution >= 0.6 is 0 Å². The van der Waals surface area contributed by atoms with E-state index in [1.54, 1.807) is 0 Å². The Morgan fingerprint density at radius 2 is 1.64 bits per heavy atom. The summed E-state index contributed by atoms with van der Waals surface area (Å²) < 4.78 is 0. The van der Waals surface area contributed by atoms with Gasteiger partial charge in [0.2, 0.25) is 5.91 Å². The summed E-state index contributed by atoms with van der Waals surface area (Å²) in [6.45, 7) is 10.9. The number of nitrogens with zero attached hydrogens (tertiary/aromatic N) is 1. The molecule has 1 amide bonds. The summed E-state index contributed by atoms with van der Waals surface area (Å²) >= 11 is 0. The molecule has 0 unspecified atom stereocenters. The zero-order chi connectivity index (χ0) is 11.0. The van der Waals surface area contributed by atoms with Crippen LogP contribution in [-0.2, 0) is 4.79 Å². The maximum atomic E-state index is 11.9. The average Bonchev–Trinajstić information content (AvgIpc) is 2.29. The highest BCUT2D eigenvalue weighted by atomic mass is 16.2. The van der Waals surface area contributed by atoms with E-state index in [0.29, 0.717) is 29.7 Å². The number of hydrogen-bond acceptors (Lipinski definition) is 1. The topological polar surface area (TPSA) is 20.3 Å². The van der Waals surface area contributed by atoms with E-state index in [1.807, 2.05) is 11.9 Å². The Morgan fingerprint density at radius 3 is 1.93 bits per heavy atom. The van der Waals surface area contributed by atoms with E-state index in [2.05, 4.69) is 34.6 Å². The van der Waals surface area contributed by atoms with Crippen LogP contribution in [0.2, 0.25) is 0 Å². The van der Waals surface area contributed by atoms with Gasteiger partial charge >= 0.3 is 0 Å². The van der Waals surface area contributed by atoms with E-state index in [9.17, 15) is 4.79 Å². The molecule has 0 radical (unpaired) electrons. The van der Waals surface area contributed by atoms with Gasteiger partial charge in [-0.1, -0.05) is 34.6 Å². The first kappa shape index (κ1) is 11.5. The molecule has 1 aliphatic heterocycles. The summed E-state index contributed by atoms with van der Waals surface area (Å²) in [7, 11) is 1.95. The van der Waals surface area contributed by atoms with Gasteiger partial charge in [0.15, 0.2) is 0 Å². The molecule has 1 rings (SSSR count). The Morgan fingerprint density at radius 1 is 1.14 bits per heavy atom. The molecule has 0 aromatic rings. The van der Waals surface area contributed by atoms with Crippen LogP contribution in [0.1, 0.15) is 34.6 Å². The molecule has 3 atom stereocenters. The zero-order valence-corrected chi connectivity index (χ0v) is 10.2. The molecule has 0 aliphatic carbocycles. The van der Waals surface area contributed by atoms with Crippen molar-refractivity contribution >= 4 is 5.91 Å². The standard InChI is InChI=1S/C12H23NO/c1-7(2)10-9(5)12(14)13(6)11(10)8(3)4/h7-11H,1-6H3/t9-,10-,11-/m1/s1. The number of rotatable bonds is 2. The van der Waals surface area contributed by atoms with Crippen LogP contribution in [0.3, 0.4) is 0 Å². The molecule has 0 aromatic heterocycles. The first-order valence-corrected chi connectivity index (χ1v) is 5.64. The Bertz CT molecular complexity index is 200. The number of likely N-dealkylation sites (tertiary alicyclic amines) is 1. The monoisotopic (exact) mass is 197 g/mol. The van der Waals surface area contributed by atoms with Crippen LogP contribution in [0.25, 0.3) is 0 Å². The highest BCUT2D eigenvalue weighted by molar-refractivity contribution is 5.81. The minimum Gasteiger partial charge on any atom is -0.342 e. The van der Waals surface area contributed by atoms with Crippen molar-refractivity contribution < 1.29 is 4.79 Å². The van der Waals surface area contributed by atoms with Gasteiger partial charge < -0.3 is 4.90 Å². The zero-order valence-electron chi connectivity index (χ0n) is 10.2. The average molecular weight is 197 g/mol. The van der Waals surface area contributed by atoms with Crippen LogP contribution in [0.4, 0.5) is 0 Å². The van der Waals surface area contributed by atoms with E-state index >= 15 is 0 Å². The van der Waals surface area contributed by atoms with E-state index in [0.717, 1.165) is 0 Å². The van der Waals surface area contributed by atoms with Gasteiger partial charge in [0.1, 0.15) is 0 Å². The Hall–Kier alpha value is -0.530. The minimum atomic E-state index is 0.201. The molecule has 0 spiro atoms. The summed E-state index contributed by atoms with van der Waals surface area (Å²) in [4.78, 5) is 13.8. The summed E-state index contributed by atoms with van der Waals surface area (Å²) in [5, 5.41) is 0. The molecule has 1 heterocycles. The number of amides is 1. The normalized spacial score (nSPS) is 33.6. The Balaban J connectivity index is 2.95. The molecule has 0 bridgehead atoms. The highest BCUT2D eigenvalue weighted by Crippen LogP contribution is 2.38. The van der Waals surface area contributed by atoms with Crippen LogP contribution in [0.5, 0.6) is 0 Å². The molecule has 0 aromatic carbocycles.